The van der Waals surface area contributed by atoms with E-state index in [0.717, 1.165) is 32.4 Å². The molecule has 1 heterocycles. The Bertz CT molecular complexity index is 278. The molecule has 7 heteroatoms. The van der Waals surface area contributed by atoms with Crippen LogP contribution in [0.1, 0.15) is 26.2 Å². The highest BCUT2D eigenvalue weighted by molar-refractivity contribution is 7.87. The van der Waals surface area contributed by atoms with Crippen LogP contribution in [0.3, 0.4) is 0 Å². The summed E-state index contributed by atoms with van der Waals surface area (Å²) in [6, 6.07) is 0.139. The first-order valence-electron chi connectivity index (χ1n) is 5.51. The maximum atomic E-state index is 11.8. The van der Waals surface area contributed by atoms with E-state index in [1.54, 1.807) is 7.05 Å². The van der Waals surface area contributed by atoms with Gasteiger partial charge in [-0.2, -0.15) is 12.7 Å². The van der Waals surface area contributed by atoms with Crippen LogP contribution in [-0.2, 0) is 10.2 Å². The van der Waals surface area contributed by atoms with E-state index in [4.69, 9.17) is 0 Å². The molecule has 1 aliphatic rings. The maximum absolute atomic E-state index is 11.8. The van der Waals surface area contributed by atoms with Crippen molar-refractivity contribution < 1.29 is 8.42 Å². The van der Waals surface area contributed by atoms with Gasteiger partial charge in [0.2, 0.25) is 0 Å². The van der Waals surface area contributed by atoms with Gasteiger partial charge in [0.25, 0.3) is 10.2 Å². The Balaban J connectivity index is 0.00000225. The third-order valence-corrected chi connectivity index (χ3v) is 4.36. The highest BCUT2D eigenvalue weighted by Crippen LogP contribution is 2.12. The Hall–Kier alpha value is 0.120. The Morgan fingerprint density at radius 1 is 1.38 bits per heavy atom. The zero-order valence-electron chi connectivity index (χ0n) is 9.90. The Kier molecular flexibility index (Phi) is 7.50. The number of hydrogen-bond acceptors (Lipinski definition) is 3. The van der Waals surface area contributed by atoms with Crippen LogP contribution in [0.5, 0.6) is 0 Å². The van der Waals surface area contributed by atoms with Crippen molar-refractivity contribution in [2.24, 2.45) is 0 Å². The molecular formula is C9H22ClN3O2S. The monoisotopic (exact) mass is 271 g/mol. The molecule has 0 aromatic heterocycles. The maximum Gasteiger partial charge on any atom is 0.279 e. The zero-order chi connectivity index (χ0) is 11.3. The molecule has 1 aliphatic heterocycles. The summed E-state index contributed by atoms with van der Waals surface area (Å²) < 4.78 is 27.6. The summed E-state index contributed by atoms with van der Waals surface area (Å²) in [5, 5.41) is 3.22. The molecule has 0 amide bonds. The predicted octanol–water partition coefficient (Wildman–Crippen LogP) is 0.336. The van der Waals surface area contributed by atoms with Gasteiger partial charge in [0.15, 0.2) is 0 Å². The summed E-state index contributed by atoms with van der Waals surface area (Å²) in [6.45, 7) is 4.27. The fourth-order valence-corrected chi connectivity index (χ4v) is 2.97. The molecule has 2 N–H and O–H groups in total. The van der Waals surface area contributed by atoms with Crippen molar-refractivity contribution in [3.8, 4) is 0 Å². The number of piperidine rings is 1. The Labute approximate surface area is 105 Å². The van der Waals surface area contributed by atoms with Gasteiger partial charge in [-0.15, -0.1) is 12.4 Å². The molecule has 0 radical (unpaired) electrons. The van der Waals surface area contributed by atoms with Gasteiger partial charge in [-0.25, -0.2) is 4.72 Å². The summed E-state index contributed by atoms with van der Waals surface area (Å²) in [7, 11) is -1.61. The van der Waals surface area contributed by atoms with E-state index in [0.29, 0.717) is 6.54 Å². The highest BCUT2D eigenvalue weighted by Gasteiger charge is 2.26. The molecule has 5 nitrogen and oxygen atoms in total. The third kappa shape index (κ3) is 4.55. The normalized spacial score (nSPS) is 18.4. The number of halogens is 1. The number of rotatable bonds is 5. The molecule has 0 spiro atoms. The van der Waals surface area contributed by atoms with Gasteiger partial charge in [0, 0.05) is 19.6 Å². The molecule has 1 rings (SSSR count). The van der Waals surface area contributed by atoms with Gasteiger partial charge in [0.05, 0.1) is 0 Å². The lowest BCUT2D eigenvalue weighted by Crippen LogP contribution is -2.48. The minimum Gasteiger partial charge on any atom is -0.317 e. The van der Waals surface area contributed by atoms with Gasteiger partial charge >= 0.3 is 0 Å². The summed E-state index contributed by atoms with van der Waals surface area (Å²) in [5.41, 5.74) is 0. The zero-order valence-corrected chi connectivity index (χ0v) is 11.5. The first kappa shape index (κ1) is 16.1. The summed E-state index contributed by atoms with van der Waals surface area (Å²) in [5.74, 6) is 0. The van der Waals surface area contributed by atoms with Crippen molar-refractivity contribution in [2.75, 3.05) is 26.7 Å². The first-order chi connectivity index (χ1) is 7.08. The largest absolute Gasteiger partial charge is 0.317 e. The summed E-state index contributed by atoms with van der Waals surface area (Å²) >= 11 is 0. The second-order valence-electron chi connectivity index (χ2n) is 3.90. The minimum atomic E-state index is -3.27. The lowest BCUT2D eigenvalue weighted by Gasteiger charge is -2.30. The molecule has 0 aromatic rings. The average molecular weight is 272 g/mol. The van der Waals surface area contributed by atoms with Crippen molar-refractivity contribution in [1.29, 1.82) is 0 Å². The smallest absolute Gasteiger partial charge is 0.279 e. The molecule has 1 saturated heterocycles. The average Bonchev–Trinajstić information content (AvgIpc) is 2.26. The second kappa shape index (κ2) is 7.45. The molecule has 16 heavy (non-hydrogen) atoms. The van der Waals surface area contributed by atoms with Gasteiger partial charge in [-0.05, 0) is 32.4 Å². The molecule has 0 unspecified atom stereocenters. The van der Waals surface area contributed by atoms with E-state index in [9.17, 15) is 8.42 Å². The van der Waals surface area contributed by atoms with E-state index in [1.807, 2.05) is 6.92 Å². The fourth-order valence-electron chi connectivity index (χ4n) is 1.70. The molecule has 0 aliphatic carbocycles. The number of nitrogens with zero attached hydrogens (tertiary/aromatic N) is 1. The van der Waals surface area contributed by atoms with Crippen LogP contribution in [0.2, 0.25) is 0 Å². The van der Waals surface area contributed by atoms with E-state index >= 15 is 0 Å². The molecule has 0 bridgehead atoms. The molecule has 0 atom stereocenters. The van der Waals surface area contributed by atoms with Crippen LogP contribution in [0, 0.1) is 0 Å². The lowest BCUT2D eigenvalue weighted by atomic mass is 10.1. The predicted molar refractivity (Wildman–Crippen MR) is 68.1 cm³/mol. The SMILES string of the molecule is CCCNS(=O)(=O)N(C)C1CCNCC1.Cl. The van der Waals surface area contributed by atoms with Crippen LogP contribution in [0.15, 0.2) is 0 Å². The van der Waals surface area contributed by atoms with Crippen LogP contribution in [0.25, 0.3) is 0 Å². The van der Waals surface area contributed by atoms with Crippen LogP contribution >= 0.6 is 12.4 Å². The highest BCUT2D eigenvalue weighted by atomic mass is 35.5. The lowest BCUT2D eigenvalue weighted by molar-refractivity contribution is 0.293. The molecule has 98 valence electrons. The number of hydrogen-bond donors (Lipinski definition) is 2. The van der Waals surface area contributed by atoms with Crippen molar-refractivity contribution in [1.82, 2.24) is 14.3 Å². The van der Waals surface area contributed by atoms with E-state index in [1.165, 1.54) is 4.31 Å². The van der Waals surface area contributed by atoms with Gasteiger partial charge < -0.3 is 5.32 Å². The van der Waals surface area contributed by atoms with E-state index in [2.05, 4.69) is 10.0 Å². The summed E-state index contributed by atoms with van der Waals surface area (Å²) in [4.78, 5) is 0. The topological polar surface area (TPSA) is 61.4 Å². The van der Waals surface area contributed by atoms with Crippen LogP contribution < -0.4 is 10.0 Å². The van der Waals surface area contributed by atoms with Crippen LogP contribution in [0.4, 0.5) is 0 Å². The molecule has 0 saturated carbocycles. The Morgan fingerprint density at radius 3 is 2.44 bits per heavy atom. The quantitative estimate of drug-likeness (QED) is 0.758. The second-order valence-corrected chi connectivity index (χ2v) is 5.71. The fraction of sp³-hybridized carbons (Fsp3) is 1.00. The standard InChI is InChI=1S/C9H21N3O2S.ClH/c1-3-6-11-15(13,14)12(2)9-4-7-10-8-5-9;/h9-11H,3-8H2,1-2H3;1H. The first-order valence-corrected chi connectivity index (χ1v) is 6.95. The third-order valence-electron chi connectivity index (χ3n) is 2.74. The number of nitrogens with one attached hydrogen (secondary N) is 2. The van der Waals surface area contributed by atoms with Gasteiger partial charge in [0.1, 0.15) is 0 Å². The van der Waals surface area contributed by atoms with E-state index < -0.39 is 10.2 Å². The molecule has 1 fully saturated rings. The van der Waals surface area contributed by atoms with Crippen molar-refractivity contribution in [3.05, 3.63) is 0 Å². The van der Waals surface area contributed by atoms with Gasteiger partial charge in [-0.3, -0.25) is 0 Å². The van der Waals surface area contributed by atoms with Gasteiger partial charge in [-0.1, -0.05) is 6.92 Å². The minimum absolute atomic E-state index is 0. The molecule has 0 aromatic carbocycles. The Morgan fingerprint density at radius 2 is 1.94 bits per heavy atom. The van der Waals surface area contributed by atoms with Crippen molar-refractivity contribution in [2.45, 2.75) is 32.2 Å². The summed E-state index contributed by atoms with van der Waals surface area (Å²) in [6.07, 6.45) is 2.60. The van der Waals surface area contributed by atoms with Crippen LogP contribution in [-0.4, -0.2) is 45.4 Å². The van der Waals surface area contributed by atoms with Crippen molar-refractivity contribution in [3.63, 3.8) is 0 Å². The van der Waals surface area contributed by atoms with E-state index in [-0.39, 0.29) is 18.4 Å². The van der Waals surface area contributed by atoms with Crippen molar-refractivity contribution >= 4 is 22.6 Å². The molecular weight excluding hydrogens is 250 g/mol.